The molecule has 7 aromatic rings. The molecule has 2 saturated heterocycles. The molecule has 2 fully saturated rings. The number of nitrogens with one attached hydrogen (secondary N) is 3. The van der Waals surface area contributed by atoms with Gasteiger partial charge >= 0.3 is 10.3 Å². The minimum Gasteiger partial charge on any atom is -0.497 e. The van der Waals surface area contributed by atoms with Crippen LogP contribution < -0.4 is 25.1 Å². The summed E-state index contributed by atoms with van der Waals surface area (Å²) in [5.41, 5.74) is 0.911. The second-order valence-corrected chi connectivity index (χ2v) is 26.4. The average Bonchev–Trinajstić information content (AvgIpc) is 4.18. The number of ether oxygens (including phenoxy) is 5. The summed E-state index contributed by atoms with van der Waals surface area (Å²) in [6.45, 7) is 12.8. The summed E-state index contributed by atoms with van der Waals surface area (Å²) in [4.78, 5) is 50.2. The molecule has 3 aromatic carbocycles. The number of fused-ring (bicyclic) bond motifs is 2. The number of aromatic nitrogens is 8. The van der Waals surface area contributed by atoms with Crippen LogP contribution in [0.4, 0.5) is 10.3 Å². The standard InChI is InChI=1S/C51H61FN10O11SSi/c1-30(2)45(63)59-49-58-44-41(46(64)60-49)56-29-62(44)47-38(23-36(70-47)26-69-51(31-13-11-10-12-14-31,32-15-19-34(67-6)20-16-32)33-17-21-35(68-7)22-18-33)72-74(65,66)57-25-39-42(73-75(8,9)50(3,4)5)40(52)48(71-39)61-28-55-37-24-53-27-54-43(37)61/h10-22,24,27-30,36,38-40,42,47-48,57H,23,25-26H2,1-9H3,(H2,58,59,60,63,64)/t36-,38+,39+,40+,42+,47+,48+/m0/s1. The van der Waals surface area contributed by atoms with Crippen molar-refractivity contribution in [3.05, 3.63) is 131 Å². The number of methoxy groups -OCH3 is 2. The van der Waals surface area contributed by atoms with Crippen molar-refractivity contribution in [2.75, 3.05) is 32.7 Å². The first-order chi connectivity index (χ1) is 35.7. The second-order valence-electron chi connectivity index (χ2n) is 20.3. The van der Waals surface area contributed by atoms with Gasteiger partial charge in [-0.15, -0.1) is 0 Å². The van der Waals surface area contributed by atoms with Gasteiger partial charge in [-0.3, -0.25) is 29.0 Å². The van der Waals surface area contributed by atoms with E-state index in [4.69, 9.17) is 32.3 Å². The van der Waals surface area contributed by atoms with Gasteiger partial charge in [0.1, 0.15) is 47.3 Å². The lowest BCUT2D eigenvalue weighted by Gasteiger charge is -2.39. The summed E-state index contributed by atoms with van der Waals surface area (Å²) >= 11 is 0. The van der Waals surface area contributed by atoms with Crippen molar-refractivity contribution in [3.8, 4) is 11.5 Å². The fraction of sp³-hybridized carbons (Fsp3) is 0.431. The molecule has 1 amide bonds. The third kappa shape index (κ3) is 10.8. The predicted octanol–water partition coefficient (Wildman–Crippen LogP) is 6.71. The quantitative estimate of drug-likeness (QED) is 0.0562. The van der Waals surface area contributed by atoms with Crippen LogP contribution in [-0.2, 0) is 43.5 Å². The Hall–Kier alpha value is -6.51. The highest BCUT2D eigenvalue weighted by Crippen LogP contribution is 2.45. The molecule has 0 bridgehead atoms. The van der Waals surface area contributed by atoms with Crippen LogP contribution in [0.15, 0.2) is 109 Å². The third-order valence-corrected chi connectivity index (χ3v) is 19.5. The van der Waals surface area contributed by atoms with Crippen molar-refractivity contribution in [2.45, 2.75) is 108 Å². The van der Waals surface area contributed by atoms with E-state index in [0.29, 0.717) is 22.7 Å². The van der Waals surface area contributed by atoms with Crippen LogP contribution >= 0.6 is 0 Å². The van der Waals surface area contributed by atoms with Crippen LogP contribution in [0.5, 0.6) is 11.5 Å². The molecule has 75 heavy (non-hydrogen) atoms. The Morgan fingerprint density at radius 2 is 1.51 bits per heavy atom. The summed E-state index contributed by atoms with van der Waals surface area (Å²) in [6.07, 6.45) is -3.49. The van der Waals surface area contributed by atoms with E-state index in [1.807, 2.05) is 113 Å². The second kappa shape index (κ2) is 21.2. The van der Waals surface area contributed by atoms with Crippen molar-refractivity contribution in [2.24, 2.45) is 5.92 Å². The van der Waals surface area contributed by atoms with Crippen molar-refractivity contribution >= 4 is 52.8 Å². The number of nitrogens with zero attached hydrogens (tertiary/aromatic N) is 7. The van der Waals surface area contributed by atoms with Crippen LogP contribution in [0.1, 0.15) is 70.2 Å². The highest BCUT2D eigenvalue weighted by molar-refractivity contribution is 7.84. The SMILES string of the molecule is COc1ccc(C(OC[C@@H]2C[C@@H](OS(=O)(=O)NC[C@H]3O[C@@H](n4cnc5cncnc54)[C@H](F)[C@@H]3O[Si](C)(C)C(C)(C)C)[C@H](n3cnc4c(=O)[nH]c(NC(=O)C(C)C)nc43)O2)(c2ccccc2)c2ccc(OC)cc2)cc1. The first-order valence-corrected chi connectivity index (χ1v) is 28.7. The number of hydrogen-bond acceptors (Lipinski definition) is 16. The summed E-state index contributed by atoms with van der Waals surface area (Å²) in [5, 5.41) is 2.27. The highest BCUT2D eigenvalue weighted by Gasteiger charge is 2.52. The lowest BCUT2D eigenvalue weighted by molar-refractivity contribution is -0.118. The van der Waals surface area contributed by atoms with E-state index >= 15 is 4.39 Å². The van der Waals surface area contributed by atoms with Crippen LogP contribution in [0.25, 0.3) is 22.3 Å². The molecule has 6 heterocycles. The fourth-order valence-electron chi connectivity index (χ4n) is 8.97. The summed E-state index contributed by atoms with van der Waals surface area (Å²) in [5.74, 6) is 0.241. The van der Waals surface area contributed by atoms with Gasteiger partial charge in [-0.2, -0.15) is 18.1 Å². The number of carbonyl (C=O) groups is 1. The molecular weight excluding hydrogens is 1010 g/mol. The van der Waals surface area contributed by atoms with E-state index < -0.39 is 91.2 Å². The number of anilines is 1. The molecule has 398 valence electrons. The Morgan fingerprint density at radius 3 is 2.13 bits per heavy atom. The smallest absolute Gasteiger partial charge is 0.336 e. The topological polar surface area (TPSA) is 247 Å². The minimum absolute atomic E-state index is 0.0271. The van der Waals surface area contributed by atoms with Crippen LogP contribution in [0.3, 0.4) is 0 Å². The lowest BCUT2D eigenvalue weighted by atomic mass is 9.80. The maximum Gasteiger partial charge on any atom is 0.336 e. The van der Waals surface area contributed by atoms with E-state index in [-0.39, 0.29) is 35.2 Å². The maximum absolute atomic E-state index is 16.9. The Kier molecular flexibility index (Phi) is 15.1. The maximum atomic E-state index is 16.9. The molecule has 24 heteroatoms. The summed E-state index contributed by atoms with van der Waals surface area (Å²) in [7, 11) is -4.29. The molecule has 0 spiro atoms. The number of halogens is 1. The van der Waals surface area contributed by atoms with Gasteiger partial charge in [0.25, 0.3) is 5.56 Å². The summed E-state index contributed by atoms with van der Waals surface area (Å²) < 4.78 is 95.1. The van der Waals surface area contributed by atoms with Crippen molar-refractivity contribution in [3.63, 3.8) is 0 Å². The zero-order chi connectivity index (χ0) is 53.5. The van der Waals surface area contributed by atoms with Gasteiger partial charge in [0.15, 0.2) is 43.8 Å². The molecule has 0 saturated carbocycles. The Morgan fingerprint density at radius 1 is 0.880 bits per heavy atom. The number of aromatic amines is 1. The minimum atomic E-state index is -4.76. The number of carbonyl (C=O) groups excluding carboxylic acids is 1. The largest absolute Gasteiger partial charge is 0.497 e. The molecular formula is C51H61FN10O11SSi. The number of benzene rings is 3. The number of amides is 1. The first kappa shape index (κ1) is 53.3. The van der Waals surface area contributed by atoms with E-state index in [1.54, 1.807) is 28.1 Å². The molecule has 2 aliphatic rings. The van der Waals surface area contributed by atoms with E-state index in [9.17, 15) is 18.0 Å². The van der Waals surface area contributed by atoms with Gasteiger partial charge < -0.3 is 28.1 Å². The van der Waals surface area contributed by atoms with Crippen molar-refractivity contribution < 1.29 is 49.9 Å². The predicted molar refractivity (Wildman–Crippen MR) is 276 cm³/mol. The number of imidazole rings is 2. The molecule has 2 aliphatic heterocycles. The first-order valence-electron chi connectivity index (χ1n) is 24.4. The van der Waals surface area contributed by atoms with E-state index in [1.165, 1.54) is 34.3 Å². The van der Waals surface area contributed by atoms with Crippen molar-refractivity contribution in [1.82, 2.24) is 43.8 Å². The number of alkyl halides is 1. The average molecular weight is 1070 g/mol. The monoisotopic (exact) mass is 1070 g/mol. The van der Waals surface area contributed by atoms with E-state index in [0.717, 1.165) is 16.7 Å². The molecule has 0 radical (unpaired) electrons. The van der Waals surface area contributed by atoms with Crippen LogP contribution in [0.2, 0.25) is 18.1 Å². The van der Waals surface area contributed by atoms with Gasteiger partial charge in [0.05, 0.1) is 45.8 Å². The molecule has 9 rings (SSSR count). The Labute approximate surface area is 433 Å². The lowest BCUT2D eigenvalue weighted by Crippen LogP contribution is -2.50. The van der Waals surface area contributed by atoms with E-state index in [2.05, 4.69) is 39.9 Å². The highest BCUT2D eigenvalue weighted by atomic mass is 32.2. The van der Waals surface area contributed by atoms with Crippen LogP contribution in [0, 0.1) is 5.92 Å². The Balaban J connectivity index is 1.05. The fourth-order valence-corrected chi connectivity index (χ4v) is 11.2. The Bertz CT molecular complexity index is 3250. The summed E-state index contributed by atoms with van der Waals surface area (Å²) in [6, 6.07) is 24.6. The normalized spacial score (nSPS) is 21.6. The molecule has 3 N–H and O–H groups in total. The number of hydrogen-bond donors (Lipinski definition) is 3. The molecule has 4 aromatic heterocycles. The third-order valence-electron chi connectivity index (χ3n) is 14.0. The van der Waals surface area contributed by atoms with Gasteiger partial charge in [-0.05, 0) is 59.1 Å². The van der Waals surface area contributed by atoms with Crippen molar-refractivity contribution in [1.29, 1.82) is 0 Å². The zero-order valence-corrected chi connectivity index (χ0v) is 44.8. The number of H-pyrrole nitrogens is 1. The number of rotatable bonds is 19. The van der Waals surface area contributed by atoms with Gasteiger partial charge in [0.2, 0.25) is 11.9 Å². The van der Waals surface area contributed by atoms with Crippen LogP contribution in [-0.4, -0.2) is 120 Å². The molecule has 0 unspecified atom stereocenters. The molecule has 7 atom stereocenters. The van der Waals surface area contributed by atoms with Gasteiger partial charge in [-0.1, -0.05) is 89.2 Å². The van der Waals surface area contributed by atoms with Gasteiger partial charge in [0, 0.05) is 18.9 Å². The molecule has 21 nitrogen and oxygen atoms in total. The zero-order valence-electron chi connectivity index (χ0n) is 43.0. The molecule has 0 aliphatic carbocycles. The van der Waals surface area contributed by atoms with Gasteiger partial charge in [-0.25, -0.2) is 28.5 Å².